The van der Waals surface area contributed by atoms with Gasteiger partial charge in [0.05, 0.1) is 0 Å². The van der Waals surface area contributed by atoms with Gasteiger partial charge in [-0.2, -0.15) is 8.78 Å². The molecule has 0 amide bonds. The molecule has 1 aromatic rings. The molecule has 2 rings (SSSR count). The van der Waals surface area contributed by atoms with Gasteiger partial charge in [-0.25, -0.2) is 8.78 Å². The van der Waals surface area contributed by atoms with Crippen molar-refractivity contribution in [1.29, 1.82) is 0 Å². The van der Waals surface area contributed by atoms with Crippen molar-refractivity contribution in [1.82, 2.24) is 0 Å². The molecule has 0 bridgehead atoms. The molecular formula is C19H23BrF4. The Kier molecular flexibility index (Phi) is 6.90. The summed E-state index contributed by atoms with van der Waals surface area (Å²) in [6, 6.07) is 2.03. The largest absolute Gasteiger partial charge is 0.332 e. The van der Waals surface area contributed by atoms with Gasteiger partial charge in [0.2, 0.25) is 0 Å². The summed E-state index contributed by atoms with van der Waals surface area (Å²) in [6.45, 7) is 3.84. The van der Waals surface area contributed by atoms with Gasteiger partial charge >= 0.3 is 4.83 Å². The van der Waals surface area contributed by atoms with Crippen LogP contribution in [0.15, 0.2) is 24.8 Å². The van der Waals surface area contributed by atoms with Crippen LogP contribution in [0.2, 0.25) is 0 Å². The van der Waals surface area contributed by atoms with Crippen LogP contribution < -0.4 is 0 Å². The summed E-state index contributed by atoms with van der Waals surface area (Å²) in [6.07, 6.45) is 10.3. The Bertz CT molecular complexity index is 534. The Morgan fingerprint density at radius 3 is 2.17 bits per heavy atom. The second-order valence-electron chi connectivity index (χ2n) is 6.69. The first-order valence-corrected chi connectivity index (χ1v) is 9.28. The first kappa shape index (κ1) is 19.5. The van der Waals surface area contributed by atoms with E-state index >= 15 is 0 Å². The molecule has 0 atom stereocenters. The molecule has 1 aliphatic rings. The lowest BCUT2D eigenvalue weighted by molar-refractivity contribution is 0.105. The number of halogens is 5. The Balaban J connectivity index is 1.80. The lowest BCUT2D eigenvalue weighted by Gasteiger charge is -2.26. The molecule has 24 heavy (non-hydrogen) atoms. The van der Waals surface area contributed by atoms with Crippen LogP contribution in [0.4, 0.5) is 17.6 Å². The quantitative estimate of drug-likeness (QED) is 0.196. The van der Waals surface area contributed by atoms with Crippen LogP contribution in [0.1, 0.15) is 56.1 Å². The smallest absolute Gasteiger partial charge is 0.206 e. The van der Waals surface area contributed by atoms with Crippen molar-refractivity contribution >= 4 is 15.9 Å². The van der Waals surface area contributed by atoms with Crippen LogP contribution in [-0.2, 0) is 11.3 Å². The van der Waals surface area contributed by atoms with Crippen molar-refractivity contribution in [2.45, 2.75) is 56.2 Å². The van der Waals surface area contributed by atoms with Gasteiger partial charge in [-0.3, -0.25) is 0 Å². The fraction of sp³-hybridized carbons (Fsp3) is 0.579. The summed E-state index contributed by atoms with van der Waals surface area (Å²) >= 11 is 2.01. The van der Waals surface area contributed by atoms with Crippen LogP contribution >= 0.6 is 15.9 Å². The van der Waals surface area contributed by atoms with Gasteiger partial charge in [-0.15, -0.1) is 6.58 Å². The van der Waals surface area contributed by atoms with Gasteiger partial charge in [0, 0.05) is 0 Å². The lowest BCUT2D eigenvalue weighted by atomic mass is 9.80. The molecule has 1 saturated carbocycles. The van der Waals surface area contributed by atoms with Crippen molar-refractivity contribution in [2.75, 3.05) is 0 Å². The van der Waals surface area contributed by atoms with E-state index in [9.17, 15) is 17.6 Å². The van der Waals surface area contributed by atoms with E-state index in [1.54, 1.807) is 0 Å². The molecule has 0 radical (unpaired) electrons. The molecule has 1 aliphatic carbocycles. The molecule has 0 spiro atoms. The first-order chi connectivity index (χ1) is 11.3. The minimum atomic E-state index is -3.69. The molecule has 134 valence electrons. The lowest BCUT2D eigenvalue weighted by Crippen LogP contribution is -2.13. The van der Waals surface area contributed by atoms with Gasteiger partial charge in [0.1, 0.15) is 17.2 Å². The third-order valence-electron chi connectivity index (χ3n) is 4.94. The highest BCUT2D eigenvalue weighted by atomic mass is 79.9. The highest BCUT2D eigenvalue weighted by molar-refractivity contribution is 9.09. The molecule has 0 aliphatic heterocycles. The van der Waals surface area contributed by atoms with Gasteiger partial charge in [-0.1, -0.05) is 18.9 Å². The van der Waals surface area contributed by atoms with Gasteiger partial charge in [0.15, 0.2) is 0 Å². The third-order valence-corrected chi connectivity index (χ3v) is 5.33. The SMILES string of the molecule is C=CC1CCC(CCCCc2cc(F)c(C(F)(F)Br)c(F)c2)CC1. The van der Waals surface area contributed by atoms with E-state index in [-0.39, 0.29) is 0 Å². The fourth-order valence-electron chi connectivity index (χ4n) is 3.52. The summed E-state index contributed by atoms with van der Waals surface area (Å²) < 4.78 is 53.6. The predicted octanol–water partition coefficient (Wildman–Crippen LogP) is 7.11. The second kappa shape index (κ2) is 8.50. The predicted molar refractivity (Wildman–Crippen MR) is 92.4 cm³/mol. The molecule has 0 saturated heterocycles. The molecular weight excluding hydrogens is 384 g/mol. The minimum Gasteiger partial charge on any atom is -0.206 e. The number of allylic oxidation sites excluding steroid dienone is 1. The van der Waals surface area contributed by atoms with Crippen LogP contribution in [0.3, 0.4) is 0 Å². The Morgan fingerprint density at radius 2 is 1.67 bits per heavy atom. The van der Waals surface area contributed by atoms with Crippen molar-refractivity contribution in [3.8, 4) is 0 Å². The van der Waals surface area contributed by atoms with Crippen LogP contribution in [0, 0.1) is 23.5 Å². The van der Waals surface area contributed by atoms with Gasteiger partial charge < -0.3 is 0 Å². The molecule has 5 heteroatoms. The van der Waals surface area contributed by atoms with Crippen molar-refractivity contribution in [3.63, 3.8) is 0 Å². The van der Waals surface area contributed by atoms with Crippen LogP contribution in [0.5, 0.6) is 0 Å². The maximum absolute atomic E-state index is 13.7. The number of rotatable bonds is 7. The average Bonchev–Trinajstić information content (AvgIpc) is 2.50. The number of benzene rings is 1. The van der Waals surface area contributed by atoms with Crippen molar-refractivity contribution < 1.29 is 17.6 Å². The molecule has 1 fully saturated rings. The van der Waals surface area contributed by atoms with Gasteiger partial charge in [0.25, 0.3) is 0 Å². The zero-order valence-corrected chi connectivity index (χ0v) is 15.2. The number of hydrogen-bond donors (Lipinski definition) is 0. The maximum atomic E-state index is 13.7. The normalized spacial score (nSPS) is 21.7. The van der Waals surface area contributed by atoms with Gasteiger partial charge in [-0.05, 0) is 84.0 Å². The molecule has 0 heterocycles. The monoisotopic (exact) mass is 406 g/mol. The van der Waals surface area contributed by atoms with E-state index in [0.717, 1.165) is 37.3 Å². The topological polar surface area (TPSA) is 0 Å². The molecule has 0 N–H and O–H groups in total. The van der Waals surface area contributed by atoms with E-state index in [0.29, 0.717) is 17.9 Å². The number of hydrogen-bond acceptors (Lipinski definition) is 0. The maximum Gasteiger partial charge on any atom is 0.332 e. The number of aryl methyl sites for hydroxylation is 1. The van der Waals surface area contributed by atoms with E-state index in [4.69, 9.17) is 0 Å². The fourth-order valence-corrected chi connectivity index (χ4v) is 3.89. The van der Waals surface area contributed by atoms with E-state index in [1.807, 2.05) is 22.0 Å². The first-order valence-electron chi connectivity index (χ1n) is 8.49. The summed E-state index contributed by atoms with van der Waals surface area (Å²) in [5.41, 5.74) is -0.786. The Morgan fingerprint density at radius 1 is 1.08 bits per heavy atom. The molecule has 0 unspecified atom stereocenters. The van der Waals surface area contributed by atoms with E-state index < -0.39 is 22.0 Å². The van der Waals surface area contributed by atoms with Crippen molar-refractivity contribution in [2.24, 2.45) is 11.8 Å². The average molecular weight is 407 g/mol. The molecule has 0 nitrogen and oxygen atoms in total. The highest BCUT2D eigenvalue weighted by Gasteiger charge is 2.34. The zero-order chi connectivity index (χ0) is 17.7. The Labute approximate surface area is 149 Å². The van der Waals surface area contributed by atoms with E-state index in [1.165, 1.54) is 25.7 Å². The minimum absolute atomic E-state index is 0.431. The number of unbranched alkanes of at least 4 members (excludes halogenated alkanes) is 1. The number of alkyl halides is 3. The summed E-state index contributed by atoms with van der Waals surface area (Å²) in [5, 5.41) is 0. The third kappa shape index (κ3) is 5.33. The highest BCUT2D eigenvalue weighted by Crippen LogP contribution is 2.38. The summed E-state index contributed by atoms with van der Waals surface area (Å²) in [7, 11) is 0. The van der Waals surface area contributed by atoms with Crippen LogP contribution in [-0.4, -0.2) is 0 Å². The molecule has 1 aromatic carbocycles. The standard InChI is InChI=1S/C19H23BrF4/c1-2-13-7-9-14(10-8-13)5-3-4-6-15-11-16(21)18(17(22)12-15)19(20,23)24/h2,11-14H,1,3-10H2. The van der Waals surface area contributed by atoms with Crippen molar-refractivity contribution in [3.05, 3.63) is 47.5 Å². The van der Waals surface area contributed by atoms with Crippen LogP contribution in [0.25, 0.3) is 0 Å². The summed E-state index contributed by atoms with van der Waals surface area (Å²) in [4.78, 5) is -3.69. The zero-order valence-electron chi connectivity index (χ0n) is 13.6. The summed E-state index contributed by atoms with van der Waals surface area (Å²) in [5.74, 6) is -1.02. The second-order valence-corrected chi connectivity index (χ2v) is 7.69. The van der Waals surface area contributed by atoms with E-state index in [2.05, 4.69) is 6.58 Å². The Hall–Kier alpha value is -0.840. The molecule has 0 aromatic heterocycles.